The van der Waals surface area contributed by atoms with Gasteiger partial charge in [0.25, 0.3) is 0 Å². The third-order valence-corrected chi connectivity index (χ3v) is 7.25. The first kappa shape index (κ1) is 19.1. The first-order valence-electron chi connectivity index (χ1n) is 8.06. The van der Waals surface area contributed by atoms with E-state index in [0.29, 0.717) is 0 Å². The summed E-state index contributed by atoms with van der Waals surface area (Å²) < 4.78 is 20.2. The van der Waals surface area contributed by atoms with E-state index in [2.05, 4.69) is 70.9 Å². The minimum absolute atomic E-state index is 0.721. The SMILES string of the molecule is COc1ccc2cc(Br)ccc2c1-c1c(S(=O)Br)ccc2cc(Br)ccc12. The van der Waals surface area contributed by atoms with E-state index in [-0.39, 0.29) is 0 Å². The minimum Gasteiger partial charge on any atom is -0.496 e. The Kier molecular flexibility index (Phi) is 5.43. The maximum Gasteiger partial charge on any atom is 0.127 e. The van der Waals surface area contributed by atoms with E-state index in [9.17, 15) is 4.21 Å². The van der Waals surface area contributed by atoms with Crippen LogP contribution in [0.2, 0.25) is 0 Å². The summed E-state index contributed by atoms with van der Waals surface area (Å²) in [5, 5.41) is 4.22. The third kappa shape index (κ3) is 3.48. The van der Waals surface area contributed by atoms with Crippen LogP contribution < -0.4 is 4.74 Å². The molecular formula is C21H13Br3O2S. The first-order chi connectivity index (χ1) is 13.0. The van der Waals surface area contributed by atoms with Gasteiger partial charge < -0.3 is 4.74 Å². The number of ether oxygens (including phenoxy) is 1. The molecule has 136 valence electrons. The molecule has 27 heavy (non-hydrogen) atoms. The maximum atomic E-state index is 12.5. The predicted molar refractivity (Wildman–Crippen MR) is 124 cm³/mol. The van der Waals surface area contributed by atoms with Crippen LogP contribution in [-0.4, -0.2) is 11.3 Å². The van der Waals surface area contributed by atoms with Gasteiger partial charge in [0, 0.05) is 34.9 Å². The molecule has 0 spiro atoms. The second-order valence-corrected chi connectivity index (χ2v) is 10.5. The molecule has 4 aromatic rings. The first-order valence-corrected chi connectivity index (χ1v) is 12.6. The number of fused-ring (bicyclic) bond motifs is 2. The summed E-state index contributed by atoms with van der Waals surface area (Å²) in [6, 6.07) is 20.2. The molecule has 0 aliphatic heterocycles. The number of halogens is 3. The third-order valence-electron chi connectivity index (χ3n) is 4.53. The molecule has 0 fully saturated rings. The van der Waals surface area contributed by atoms with Gasteiger partial charge in [-0.15, -0.1) is 0 Å². The van der Waals surface area contributed by atoms with Gasteiger partial charge in [-0.25, -0.2) is 4.21 Å². The number of methoxy groups -OCH3 is 1. The highest BCUT2D eigenvalue weighted by Crippen LogP contribution is 2.44. The van der Waals surface area contributed by atoms with E-state index in [4.69, 9.17) is 4.74 Å². The highest BCUT2D eigenvalue weighted by molar-refractivity contribution is 9.46. The Morgan fingerprint density at radius 1 is 0.778 bits per heavy atom. The molecule has 1 atom stereocenters. The van der Waals surface area contributed by atoms with Crippen LogP contribution in [0.5, 0.6) is 5.75 Å². The van der Waals surface area contributed by atoms with Crippen molar-refractivity contribution in [2.75, 3.05) is 7.11 Å². The van der Waals surface area contributed by atoms with Crippen molar-refractivity contribution in [1.29, 1.82) is 0 Å². The highest BCUT2D eigenvalue weighted by Gasteiger charge is 2.20. The van der Waals surface area contributed by atoms with E-state index >= 15 is 0 Å². The normalized spacial score (nSPS) is 12.4. The summed E-state index contributed by atoms with van der Waals surface area (Å²) in [5.41, 5.74) is 1.86. The lowest BCUT2D eigenvalue weighted by molar-refractivity contribution is 0.417. The lowest BCUT2D eigenvalue weighted by atomic mass is 9.93. The molecule has 0 saturated heterocycles. The van der Waals surface area contributed by atoms with Crippen molar-refractivity contribution >= 4 is 77.5 Å². The number of hydrogen-bond acceptors (Lipinski definition) is 2. The Labute approximate surface area is 183 Å². The van der Waals surface area contributed by atoms with Crippen molar-refractivity contribution in [2.45, 2.75) is 4.90 Å². The van der Waals surface area contributed by atoms with Crippen molar-refractivity contribution in [3.63, 3.8) is 0 Å². The standard InChI is InChI=1S/C21H13Br3O2S/c1-26-18-8-2-12-10-14(22)4-6-16(12)20(18)21-17-7-5-15(23)11-13(17)3-9-19(21)27(24)25/h2-11H,1H3. The average molecular weight is 569 g/mol. The van der Waals surface area contributed by atoms with Crippen LogP contribution in [0.3, 0.4) is 0 Å². The van der Waals surface area contributed by atoms with Crippen LogP contribution in [0.15, 0.2) is 74.5 Å². The van der Waals surface area contributed by atoms with Gasteiger partial charge in [0.2, 0.25) is 0 Å². The van der Waals surface area contributed by atoms with Crippen molar-refractivity contribution in [1.82, 2.24) is 0 Å². The maximum absolute atomic E-state index is 12.5. The second kappa shape index (κ2) is 7.66. The summed E-state index contributed by atoms with van der Waals surface area (Å²) >= 11 is 10.3. The summed E-state index contributed by atoms with van der Waals surface area (Å²) in [5.74, 6) is 0.749. The molecule has 0 N–H and O–H groups in total. The van der Waals surface area contributed by atoms with Gasteiger partial charge in [-0.1, -0.05) is 56.1 Å². The van der Waals surface area contributed by atoms with Gasteiger partial charge in [0.15, 0.2) is 0 Å². The molecule has 4 rings (SSSR count). The van der Waals surface area contributed by atoms with Gasteiger partial charge >= 0.3 is 0 Å². The van der Waals surface area contributed by atoms with Crippen LogP contribution in [0, 0.1) is 0 Å². The lowest BCUT2D eigenvalue weighted by Crippen LogP contribution is -1.95. The Balaban J connectivity index is 2.22. The van der Waals surface area contributed by atoms with Crippen molar-refractivity contribution in [3.05, 3.63) is 69.6 Å². The Morgan fingerprint density at radius 3 is 1.89 bits per heavy atom. The molecule has 0 aliphatic carbocycles. The molecule has 0 bridgehead atoms. The fraction of sp³-hybridized carbons (Fsp3) is 0.0476. The van der Waals surface area contributed by atoms with Gasteiger partial charge in [-0.05, 0) is 57.9 Å². The van der Waals surface area contributed by atoms with Crippen molar-refractivity contribution in [2.24, 2.45) is 0 Å². The van der Waals surface area contributed by atoms with E-state index in [1.165, 1.54) is 0 Å². The lowest BCUT2D eigenvalue weighted by Gasteiger charge is -2.17. The summed E-state index contributed by atoms with van der Waals surface area (Å²) in [4.78, 5) is 0.721. The van der Waals surface area contributed by atoms with Crippen LogP contribution in [0.1, 0.15) is 0 Å². The molecule has 0 heterocycles. The van der Waals surface area contributed by atoms with Crippen LogP contribution in [-0.2, 0) is 9.23 Å². The Bertz CT molecular complexity index is 1220. The monoisotopic (exact) mass is 566 g/mol. The van der Waals surface area contributed by atoms with E-state index < -0.39 is 9.23 Å². The Hall–Kier alpha value is -1.21. The van der Waals surface area contributed by atoms with Crippen LogP contribution in [0.4, 0.5) is 0 Å². The molecule has 1 unspecified atom stereocenters. The van der Waals surface area contributed by atoms with E-state index in [1.807, 2.05) is 36.4 Å². The minimum atomic E-state index is -1.32. The number of hydrogen-bond donors (Lipinski definition) is 0. The largest absolute Gasteiger partial charge is 0.496 e. The van der Waals surface area contributed by atoms with E-state index in [1.54, 1.807) is 7.11 Å². The summed E-state index contributed by atoms with van der Waals surface area (Å²) in [6.07, 6.45) is 0. The van der Waals surface area contributed by atoms with Crippen molar-refractivity contribution in [3.8, 4) is 16.9 Å². The Morgan fingerprint density at radius 2 is 1.33 bits per heavy atom. The zero-order valence-electron chi connectivity index (χ0n) is 14.1. The van der Waals surface area contributed by atoms with Gasteiger partial charge in [-0.2, -0.15) is 0 Å². The number of benzene rings is 4. The fourth-order valence-corrected chi connectivity index (χ4v) is 5.50. The summed E-state index contributed by atoms with van der Waals surface area (Å²) in [6.45, 7) is 0. The fourth-order valence-electron chi connectivity index (χ4n) is 3.38. The molecule has 0 radical (unpaired) electrons. The topological polar surface area (TPSA) is 26.3 Å². The second-order valence-electron chi connectivity index (χ2n) is 6.04. The zero-order valence-corrected chi connectivity index (χ0v) is 19.7. The van der Waals surface area contributed by atoms with Crippen LogP contribution in [0.25, 0.3) is 32.7 Å². The van der Waals surface area contributed by atoms with E-state index in [0.717, 1.165) is 52.3 Å². The van der Waals surface area contributed by atoms with Gasteiger partial charge in [-0.3, -0.25) is 0 Å². The smallest absolute Gasteiger partial charge is 0.127 e. The molecule has 0 aliphatic rings. The molecule has 0 aromatic heterocycles. The molecule has 0 amide bonds. The van der Waals surface area contributed by atoms with Gasteiger partial charge in [0.1, 0.15) is 15.0 Å². The molecule has 2 nitrogen and oxygen atoms in total. The molecule has 0 saturated carbocycles. The molecular weight excluding hydrogens is 556 g/mol. The molecule has 6 heteroatoms. The zero-order chi connectivity index (χ0) is 19.1. The average Bonchev–Trinajstić information content (AvgIpc) is 2.65. The predicted octanol–water partition coefficient (Wildman–Crippen LogP) is 7.61. The van der Waals surface area contributed by atoms with Gasteiger partial charge in [0.05, 0.1) is 12.0 Å². The van der Waals surface area contributed by atoms with Crippen molar-refractivity contribution < 1.29 is 8.95 Å². The van der Waals surface area contributed by atoms with Crippen LogP contribution >= 0.6 is 46.7 Å². The quantitative estimate of drug-likeness (QED) is 0.238. The molecule has 4 aromatic carbocycles. The highest BCUT2D eigenvalue weighted by atomic mass is 79.9. The summed E-state index contributed by atoms with van der Waals surface area (Å²) in [7, 11) is 0.339. The number of rotatable bonds is 3.